The highest BCUT2D eigenvalue weighted by Gasteiger charge is 2.15. The molecule has 88 valence electrons. The summed E-state index contributed by atoms with van der Waals surface area (Å²) in [5.41, 5.74) is 0.576. The summed E-state index contributed by atoms with van der Waals surface area (Å²) in [6.07, 6.45) is 0.974. The summed E-state index contributed by atoms with van der Waals surface area (Å²) < 4.78 is 0. The minimum absolute atomic E-state index is 0.0906. The van der Waals surface area contributed by atoms with Crippen LogP contribution in [0.15, 0.2) is 24.3 Å². The third-order valence-corrected chi connectivity index (χ3v) is 2.44. The van der Waals surface area contributed by atoms with Gasteiger partial charge in [-0.15, -0.1) is 0 Å². The summed E-state index contributed by atoms with van der Waals surface area (Å²) in [5, 5.41) is 27.4. The molecule has 0 amide bonds. The van der Waals surface area contributed by atoms with E-state index in [2.05, 4.69) is 0 Å². The van der Waals surface area contributed by atoms with E-state index in [1.54, 1.807) is 18.2 Å². The van der Waals surface area contributed by atoms with Crippen LogP contribution >= 0.6 is 0 Å². The largest absolute Gasteiger partial charge is 0.478 e. The highest BCUT2D eigenvalue weighted by Crippen LogP contribution is 2.22. The molecule has 0 unspecified atom stereocenters. The van der Waals surface area contributed by atoms with Crippen LogP contribution in [0.1, 0.15) is 41.3 Å². The fourth-order valence-electron chi connectivity index (χ4n) is 1.59. The topological polar surface area (TPSA) is 77.8 Å². The lowest BCUT2D eigenvalue weighted by Crippen LogP contribution is -2.07. The van der Waals surface area contributed by atoms with Gasteiger partial charge in [0.2, 0.25) is 0 Å². The number of carboxylic acids is 1. The first-order valence-corrected chi connectivity index (χ1v) is 5.28. The number of benzene rings is 1. The molecule has 4 heteroatoms. The van der Waals surface area contributed by atoms with Gasteiger partial charge in [-0.2, -0.15) is 0 Å². The molecule has 4 nitrogen and oxygen atoms in total. The molecule has 0 heterocycles. The quantitative estimate of drug-likeness (QED) is 0.641. The van der Waals surface area contributed by atoms with E-state index in [1.807, 2.05) is 0 Å². The molecule has 0 bridgehead atoms. The molecule has 0 radical (unpaired) electrons. The van der Waals surface area contributed by atoms with Gasteiger partial charge in [0.05, 0.1) is 11.7 Å². The van der Waals surface area contributed by atoms with Crippen molar-refractivity contribution in [1.82, 2.24) is 0 Å². The van der Waals surface area contributed by atoms with E-state index in [0.29, 0.717) is 24.8 Å². The molecule has 1 aromatic carbocycles. The van der Waals surface area contributed by atoms with Gasteiger partial charge in [-0.1, -0.05) is 18.2 Å². The van der Waals surface area contributed by atoms with Gasteiger partial charge < -0.3 is 15.3 Å². The maximum absolute atomic E-state index is 10.9. The molecular formula is C12H16O4. The second-order valence-electron chi connectivity index (χ2n) is 3.63. The molecule has 0 aliphatic heterocycles. The molecule has 3 N–H and O–H groups in total. The molecule has 0 saturated carbocycles. The number of aliphatic hydroxyl groups excluding tert-OH is 2. The number of hydrogen-bond donors (Lipinski definition) is 3. The van der Waals surface area contributed by atoms with Crippen LogP contribution in [0.25, 0.3) is 0 Å². The van der Waals surface area contributed by atoms with Crippen molar-refractivity contribution < 1.29 is 20.1 Å². The number of aromatic carboxylic acids is 1. The average Bonchev–Trinajstić information content (AvgIpc) is 2.29. The van der Waals surface area contributed by atoms with E-state index in [1.165, 1.54) is 6.07 Å². The van der Waals surface area contributed by atoms with E-state index in [0.717, 1.165) is 0 Å². The second-order valence-corrected chi connectivity index (χ2v) is 3.63. The molecule has 1 rings (SSSR count). The van der Waals surface area contributed by atoms with Crippen LogP contribution in [-0.2, 0) is 0 Å². The summed E-state index contributed by atoms with van der Waals surface area (Å²) in [6.45, 7) is 0.0906. The highest BCUT2D eigenvalue weighted by molar-refractivity contribution is 5.89. The Bertz CT molecular complexity index is 349. The van der Waals surface area contributed by atoms with Gasteiger partial charge in [-0.05, 0) is 30.9 Å². The predicted octanol–water partition coefficient (Wildman–Crippen LogP) is 1.58. The van der Waals surface area contributed by atoms with Crippen LogP contribution in [0.4, 0.5) is 0 Å². The Balaban J connectivity index is 2.74. The van der Waals surface area contributed by atoms with Crippen molar-refractivity contribution in [2.75, 3.05) is 6.61 Å². The summed E-state index contributed by atoms with van der Waals surface area (Å²) in [4.78, 5) is 10.9. The summed E-state index contributed by atoms with van der Waals surface area (Å²) in [7, 11) is 0. The third kappa shape index (κ3) is 3.32. The number of rotatable bonds is 6. The predicted molar refractivity (Wildman–Crippen MR) is 59.3 cm³/mol. The van der Waals surface area contributed by atoms with E-state index in [4.69, 9.17) is 10.2 Å². The number of carboxylic acid groups (broad SMARTS) is 1. The smallest absolute Gasteiger partial charge is 0.336 e. The highest BCUT2D eigenvalue weighted by atomic mass is 16.4. The first kappa shape index (κ1) is 12.7. The van der Waals surface area contributed by atoms with Gasteiger partial charge >= 0.3 is 5.97 Å². The first-order valence-electron chi connectivity index (χ1n) is 5.28. The lowest BCUT2D eigenvalue weighted by Gasteiger charge is -2.12. The molecule has 1 atom stereocenters. The molecule has 0 aromatic heterocycles. The SMILES string of the molecule is O=C(O)c1ccccc1[C@@H](O)CCCCO. The van der Waals surface area contributed by atoms with Crippen molar-refractivity contribution >= 4 is 5.97 Å². The minimum Gasteiger partial charge on any atom is -0.478 e. The summed E-state index contributed by atoms with van der Waals surface area (Å²) in [6, 6.07) is 6.43. The normalized spacial score (nSPS) is 12.4. The summed E-state index contributed by atoms with van der Waals surface area (Å²) in [5.74, 6) is -1.03. The lowest BCUT2D eigenvalue weighted by molar-refractivity contribution is 0.0687. The number of carbonyl (C=O) groups is 1. The molecule has 0 saturated heterocycles. The standard InChI is InChI=1S/C12H16O4/c13-8-4-3-7-11(14)9-5-1-2-6-10(9)12(15)16/h1-2,5-6,11,13-14H,3-4,7-8H2,(H,15,16)/t11-/m0/s1. The zero-order chi connectivity index (χ0) is 12.0. The number of aliphatic hydroxyl groups is 2. The van der Waals surface area contributed by atoms with Crippen molar-refractivity contribution in [2.45, 2.75) is 25.4 Å². The molecule has 1 aromatic rings. The van der Waals surface area contributed by atoms with E-state index < -0.39 is 12.1 Å². The fraction of sp³-hybridized carbons (Fsp3) is 0.417. The molecule has 0 aliphatic rings. The second kappa shape index (κ2) is 6.25. The van der Waals surface area contributed by atoms with Gasteiger partial charge in [-0.25, -0.2) is 4.79 Å². The van der Waals surface area contributed by atoms with E-state index >= 15 is 0 Å². The first-order chi connectivity index (χ1) is 7.66. The summed E-state index contributed by atoms with van der Waals surface area (Å²) >= 11 is 0. The number of unbranched alkanes of at least 4 members (excludes halogenated alkanes) is 1. The monoisotopic (exact) mass is 224 g/mol. The van der Waals surface area contributed by atoms with Crippen LogP contribution in [0.2, 0.25) is 0 Å². The minimum atomic E-state index is -1.03. The van der Waals surface area contributed by atoms with Gasteiger partial charge in [0.25, 0.3) is 0 Å². The van der Waals surface area contributed by atoms with E-state index in [-0.39, 0.29) is 12.2 Å². The van der Waals surface area contributed by atoms with Gasteiger partial charge in [0.15, 0.2) is 0 Å². The van der Waals surface area contributed by atoms with Crippen LogP contribution in [0, 0.1) is 0 Å². The van der Waals surface area contributed by atoms with E-state index in [9.17, 15) is 9.90 Å². The molecule has 0 spiro atoms. The molecule has 0 aliphatic carbocycles. The number of hydrogen-bond acceptors (Lipinski definition) is 3. The van der Waals surface area contributed by atoms with Crippen molar-refractivity contribution in [3.05, 3.63) is 35.4 Å². The van der Waals surface area contributed by atoms with Crippen molar-refractivity contribution in [3.63, 3.8) is 0 Å². The van der Waals surface area contributed by atoms with Gasteiger partial charge in [-0.3, -0.25) is 0 Å². The molecular weight excluding hydrogens is 208 g/mol. The van der Waals surface area contributed by atoms with Crippen LogP contribution in [0.3, 0.4) is 0 Å². The van der Waals surface area contributed by atoms with Gasteiger partial charge in [0.1, 0.15) is 0 Å². The Morgan fingerprint density at radius 3 is 2.56 bits per heavy atom. The fourth-order valence-corrected chi connectivity index (χ4v) is 1.59. The molecule has 0 fully saturated rings. The maximum atomic E-state index is 10.9. The Kier molecular flexibility index (Phi) is 4.95. The zero-order valence-corrected chi connectivity index (χ0v) is 8.97. The maximum Gasteiger partial charge on any atom is 0.336 e. The lowest BCUT2D eigenvalue weighted by atomic mass is 9.98. The Morgan fingerprint density at radius 1 is 1.25 bits per heavy atom. The van der Waals surface area contributed by atoms with Crippen molar-refractivity contribution in [3.8, 4) is 0 Å². The zero-order valence-electron chi connectivity index (χ0n) is 8.97. The average molecular weight is 224 g/mol. The third-order valence-electron chi connectivity index (χ3n) is 2.44. The van der Waals surface area contributed by atoms with Crippen molar-refractivity contribution in [1.29, 1.82) is 0 Å². The Morgan fingerprint density at radius 2 is 1.94 bits per heavy atom. The van der Waals surface area contributed by atoms with Gasteiger partial charge in [0, 0.05) is 6.61 Å². The van der Waals surface area contributed by atoms with Crippen LogP contribution in [-0.4, -0.2) is 27.9 Å². The Labute approximate surface area is 94.2 Å². The van der Waals surface area contributed by atoms with Crippen LogP contribution < -0.4 is 0 Å². The Hall–Kier alpha value is -1.39. The molecule has 16 heavy (non-hydrogen) atoms. The van der Waals surface area contributed by atoms with Crippen molar-refractivity contribution in [2.24, 2.45) is 0 Å². The van der Waals surface area contributed by atoms with Crippen LogP contribution in [0.5, 0.6) is 0 Å².